The predicted molar refractivity (Wildman–Crippen MR) is 68.9 cm³/mol. The molecule has 0 fully saturated rings. The van der Waals surface area contributed by atoms with Crippen LogP contribution in [0.3, 0.4) is 0 Å². The maximum Gasteiger partial charge on any atom is 0.326 e. The zero-order valence-corrected chi connectivity index (χ0v) is 11.6. The first-order valence-corrected chi connectivity index (χ1v) is 6.31. The molecule has 1 atom stereocenters. The lowest BCUT2D eigenvalue weighted by Crippen LogP contribution is -2.41. The lowest BCUT2D eigenvalue weighted by molar-refractivity contribution is -0.139. The van der Waals surface area contributed by atoms with Crippen LogP contribution >= 0.6 is 0 Å². The quantitative estimate of drug-likeness (QED) is 0.823. The monoisotopic (exact) mass is 268 g/mol. The van der Waals surface area contributed by atoms with E-state index in [4.69, 9.17) is 9.63 Å². The second-order valence-electron chi connectivity index (χ2n) is 5.26. The summed E-state index contributed by atoms with van der Waals surface area (Å²) in [6.07, 6.45) is 0.371. The van der Waals surface area contributed by atoms with Gasteiger partial charge in [0.15, 0.2) is 5.69 Å². The minimum Gasteiger partial charge on any atom is -0.480 e. The van der Waals surface area contributed by atoms with Crippen LogP contribution in [-0.2, 0) is 4.79 Å². The van der Waals surface area contributed by atoms with E-state index in [0.717, 1.165) is 0 Å². The minimum absolute atomic E-state index is 0.110. The Morgan fingerprint density at radius 2 is 2.00 bits per heavy atom. The third-order valence-electron chi connectivity index (χ3n) is 2.64. The van der Waals surface area contributed by atoms with Crippen LogP contribution in [0.5, 0.6) is 0 Å². The van der Waals surface area contributed by atoms with Gasteiger partial charge in [-0.25, -0.2) is 4.79 Å². The van der Waals surface area contributed by atoms with E-state index < -0.39 is 17.9 Å². The van der Waals surface area contributed by atoms with E-state index in [0.29, 0.717) is 12.2 Å². The number of hydrogen-bond donors (Lipinski definition) is 2. The highest BCUT2D eigenvalue weighted by Crippen LogP contribution is 2.15. The van der Waals surface area contributed by atoms with Gasteiger partial charge in [0.2, 0.25) is 0 Å². The van der Waals surface area contributed by atoms with E-state index in [1.807, 2.05) is 27.7 Å². The fourth-order valence-electron chi connectivity index (χ4n) is 1.59. The summed E-state index contributed by atoms with van der Waals surface area (Å²) in [4.78, 5) is 22.9. The van der Waals surface area contributed by atoms with Gasteiger partial charge < -0.3 is 14.9 Å². The van der Waals surface area contributed by atoms with Crippen molar-refractivity contribution in [2.75, 3.05) is 0 Å². The summed E-state index contributed by atoms with van der Waals surface area (Å²) < 4.78 is 5.01. The highest BCUT2D eigenvalue weighted by molar-refractivity contribution is 5.94. The molecule has 19 heavy (non-hydrogen) atoms. The Morgan fingerprint density at radius 1 is 1.37 bits per heavy atom. The molecule has 2 N–H and O–H groups in total. The summed E-state index contributed by atoms with van der Waals surface area (Å²) in [5.74, 6) is -0.677. The molecular formula is C13H20N2O4. The van der Waals surface area contributed by atoms with E-state index >= 15 is 0 Å². The van der Waals surface area contributed by atoms with Crippen LogP contribution in [0.1, 0.15) is 56.3 Å². The van der Waals surface area contributed by atoms with Gasteiger partial charge in [0.25, 0.3) is 5.91 Å². The first kappa shape index (κ1) is 15.2. The van der Waals surface area contributed by atoms with Gasteiger partial charge in [-0.3, -0.25) is 4.79 Å². The third kappa shape index (κ3) is 4.39. The van der Waals surface area contributed by atoms with Gasteiger partial charge in [-0.15, -0.1) is 0 Å². The van der Waals surface area contributed by atoms with Gasteiger partial charge in [-0.05, 0) is 12.3 Å². The zero-order chi connectivity index (χ0) is 14.6. The van der Waals surface area contributed by atoms with Crippen molar-refractivity contribution in [3.8, 4) is 0 Å². The van der Waals surface area contributed by atoms with E-state index in [1.54, 1.807) is 0 Å². The molecular weight excluding hydrogens is 248 g/mol. The van der Waals surface area contributed by atoms with Gasteiger partial charge >= 0.3 is 5.97 Å². The molecule has 0 spiro atoms. The number of amides is 1. The Hall–Kier alpha value is -1.85. The maximum atomic E-state index is 11.9. The summed E-state index contributed by atoms with van der Waals surface area (Å²) >= 11 is 0. The SMILES string of the molecule is CC(C)C[C@@H](NC(=O)c1cc(C(C)C)on1)C(=O)O. The van der Waals surface area contributed by atoms with Crippen molar-refractivity contribution in [1.82, 2.24) is 10.5 Å². The number of nitrogens with zero attached hydrogens (tertiary/aromatic N) is 1. The molecule has 0 saturated heterocycles. The fraction of sp³-hybridized carbons (Fsp3) is 0.615. The molecule has 0 aliphatic rings. The van der Waals surface area contributed by atoms with Crippen LogP contribution in [0.2, 0.25) is 0 Å². The number of hydrogen-bond acceptors (Lipinski definition) is 4. The van der Waals surface area contributed by atoms with Crippen LogP contribution in [0.15, 0.2) is 10.6 Å². The van der Waals surface area contributed by atoms with Gasteiger partial charge in [0, 0.05) is 12.0 Å². The molecule has 0 aliphatic heterocycles. The summed E-state index contributed by atoms with van der Waals surface area (Å²) in [7, 11) is 0. The maximum absolute atomic E-state index is 11.9. The van der Waals surface area contributed by atoms with Crippen LogP contribution in [-0.4, -0.2) is 28.2 Å². The summed E-state index contributed by atoms with van der Waals surface area (Å²) in [5.41, 5.74) is 0.110. The third-order valence-corrected chi connectivity index (χ3v) is 2.64. The van der Waals surface area contributed by atoms with Crippen molar-refractivity contribution in [3.05, 3.63) is 17.5 Å². The van der Waals surface area contributed by atoms with E-state index in [-0.39, 0.29) is 17.5 Å². The van der Waals surface area contributed by atoms with E-state index in [2.05, 4.69) is 10.5 Å². The number of aromatic nitrogens is 1. The molecule has 1 heterocycles. The normalized spacial score (nSPS) is 12.7. The summed E-state index contributed by atoms with van der Waals surface area (Å²) in [6.45, 7) is 7.63. The van der Waals surface area contributed by atoms with Gasteiger partial charge in [-0.2, -0.15) is 0 Å². The smallest absolute Gasteiger partial charge is 0.326 e. The molecule has 0 unspecified atom stereocenters. The number of aliphatic carboxylic acids is 1. The van der Waals surface area contributed by atoms with Crippen LogP contribution in [0.4, 0.5) is 0 Å². The molecule has 1 rings (SSSR count). The topological polar surface area (TPSA) is 92.4 Å². The number of carbonyl (C=O) groups excluding carboxylic acids is 1. The van der Waals surface area contributed by atoms with Crippen molar-refractivity contribution in [1.29, 1.82) is 0 Å². The first-order valence-electron chi connectivity index (χ1n) is 6.31. The van der Waals surface area contributed by atoms with Crippen LogP contribution < -0.4 is 5.32 Å². The lowest BCUT2D eigenvalue weighted by atomic mass is 10.0. The van der Waals surface area contributed by atoms with E-state index in [9.17, 15) is 9.59 Å². The largest absolute Gasteiger partial charge is 0.480 e. The molecule has 1 aromatic heterocycles. The molecule has 1 aromatic rings. The van der Waals surface area contributed by atoms with Gasteiger partial charge in [0.1, 0.15) is 11.8 Å². The Labute approximate surface area is 112 Å². The number of carboxylic acid groups (broad SMARTS) is 1. The van der Waals surface area contributed by atoms with Crippen LogP contribution in [0, 0.1) is 5.92 Å². The molecule has 6 nitrogen and oxygen atoms in total. The van der Waals surface area contributed by atoms with Crippen molar-refractivity contribution < 1.29 is 19.2 Å². The molecule has 0 aliphatic carbocycles. The van der Waals surface area contributed by atoms with Gasteiger partial charge in [0.05, 0.1) is 0 Å². The molecule has 1 amide bonds. The van der Waals surface area contributed by atoms with Crippen molar-refractivity contribution in [2.24, 2.45) is 5.92 Å². The summed E-state index contributed by atoms with van der Waals surface area (Å²) in [5, 5.41) is 15.2. The summed E-state index contributed by atoms with van der Waals surface area (Å²) in [6, 6.07) is 0.626. The number of rotatable bonds is 6. The van der Waals surface area contributed by atoms with Crippen molar-refractivity contribution >= 4 is 11.9 Å². The minimum atomic E-state index is -1.05. The molecule has 0 saturated carbocycles. The number of carbonyl (C=O) groups is 2. The van der Waals surface area contributed by atoms with Crippen molar-refractivity contribution in [3.63, 3.8) is 0 Å². The second kappa shape index (κ2) is 6.36. The standard InChI is InChI=1S/C13H20N2O4/c1-7(2)5-10(13(17)18)14-12(16)9-6-11(8(3)4)19-15-9/h6-8,10H,5H2,1-4H3,(H,14,16)(H,17,18)/t10-/m1/s1. The zero-order valence-electron chi connectivity index (χ0n) is 11.6. The Morgan fingerprint density at radius 3 is 2.42 bits per heavy atom. The van der Waals surface area contributed by atoms with E-state index in [1.165, 1.54) is 6.07 Å². The Kier molecular flexibility index (Phi) is 5.09. The fourth-order valence-corrected chi connectivity index (χ4v) is 1.59. The average Bonchev–Trinajstić information content (AvgIpc) is 2.76. The molecule has 0 bridgehead atoms. The van der Waals surface area contributed by atoms with Crippen molar-refractivity contribution in [2.45, 2.75) is 46.1 Å². The van der Waals surface area contributed by atoms with Gasteiger partial charge in [-0.1, -0.05) is 32.9 Å². The average molecular weight is 268 g/mol. The highest BCUT2D eigenvalue weighted by atomic mass is 16.5. The molecule has 6 heteroatoms. The predicted octanol–water partition coefficient (Wildman–Crippen LogP) is 2.03. The number of nitrogens with one attached hydrogen (secondary N) is 1. The second-order valence-corrected chi connectivity index (χ2v) is 5.26. The first-order chi connectivity index (χ1) is 8.81. The molecule has 0 radical (unpaired) electrons. The highest BCUT2D eigenvalue weighted by Gasteiger charge is 2.23. The molecule has 106 valence electrons. The lowest BCUT2D eigenvalue weighted by Gasteiger charge is -2.15. The number of carboxylic acids is 1. The Bertz CT molecular complexity index is 451. The molecule has 0 aromatic carbocycles. The Balaban J connectivity index is 2.73. The van der Waals surface area contributed by atoms with Crippen LogP contribution in [0.25, 0.3) is 0 Å².